The fourth-order valence-electron chi connectivity index (χ4n) is 5.19. The number of anilines is 1. The van der Waals surface area contributed by atoms with Gasteiger partial charge in [-0.15, -0.1) is 0 Å². The number of fused-ring (bicyclic) bond motifs is 1. The maximum Gasteiger partial charge on any atom is 0.306 e. The van der Waals surface area contributed by atoms with E-state index in [0.717, 1.165) is 58.0 Å². The summed E-state index contributed by atoms with van der Waals surface area (Å²) < 4.78 is 12.1. The van der Waals surface area contributed by atoms with E-state index in [2.05, 4.69) is 25.1 Å². The summed E-state index contributed by atoms with van der Waals surface area (Å²) in [5, 5.41) is 9.39. The van der Waals surface area contributed by atoms with Gasteiger partial charge in [-0.25, -0.2) is 4.98 Å². The number of rotatable bonds is 8. The average molecular weight is 497 g/mol. The van der Waals surface area contributed by atoms with Gasteiger partial charge in [0.2, 0.25) is 5.89 Å². The third-order valence-electron chi connectivity index (χ3n) is 7.44. The highest BCUT2D eigenvalue weighted by molar-refractivity contribution is 5.74. The minimum absolute atomic E-state index is 0.0695. The summed E-state index contributed by atoms with van der Waals surface area (Å²) in [5.41, 5.74) is 14.1. The smallest absolute Gasteiger partial charge is 0.306 e. The molecule has 1 aromatic heterocycles. The van der Waals surface area contributed by atoms with E-state index in [4.69, 9.17) is 19.9 Å². The molecule has 0 fully saturated rings. The van der Waals surface area contributed by atoms with Gasteiger partial charge in [0.15, 0.2) is 0 Å². The van der Waals surface area contributed by atoms with Crippen molar-refractivity contribution in [1.29, 1.82) is 0 Å². The summed E-state index contributed by atoms with van der Waals surface area (Å²) in [6.45, 7) is 6.28. The molecule has 3 aromatic carbocycles. The molecule has 0 bridgehead atoms. The number of oxazole rings is 1. The molecule has 5 rings (SSSR count). The number of nitrogen functional groups attached to an aromatic ring is 1. The van der Waals surface area contributed by atoms with E-state index in [1.54, 1.807) is 6.92 Å². The molecule has 0 radical (unpaired) electrons. The van der Waals surface area contributed by atoms with Crippen LogP contribution in [-0.4, -0.2) is 22.7 Å². The lowest BCUT2D eigenvalue weighted by atomic mass is 9.89. The Hall–Kier alpha value is -4.06. The standard InChI is InChI=1S/C31H32N2O4/c1-18-4-5-23(17-28(18)21-6-9-24(32)10-7-21)30-33-29(20(3)37-30)14-15-36-25-11-13-27-22(16-25)8-12-26(27)19(2)31(34)35/h4-7,9-11,13,16-17,19,26H,8,12,14-15,32H2,1-3H3,(H,34,35)/t19-,26-/m0/s1. The molecule has 1 heterocycles. The Bertz CT molecular complexity index is 1440. The first kappa shape index (κ1) is 24.6. The molecule has 0 saturated carbocycles. The maximum atomic E-state index is 11.4. The molecule has 3 N–H and O–H groups in total. The van der Waals surface area contributed by atoms with Crippen LogP contribution in [0.5, 0.6) is 5.75 Å². The molecule has 4 aromatic rings. The normalized spacial score (nSPS) is 15.4. The van der Waals surface area contributed by atoms with Crippen LogP contribution < -0.4 is 10.5 Å². The van der Waals surface area contributed by atoms with Crippen molar-refractivity contribution in [2.45, 2.75) is 46.0 Å². The lowest BCUT2D eigenvalue weighted by molar-refractivity contribution is -0.141. The van der Waals surface area contributed by atoms with E-state index in [1.165, 1.54) is 11.1 Å². The summed E-state index contributed by atoms with van der Waals surface area (Å²) in [6, 6.07) is 20.1. The lowest BCUT2D eigenvalue weighted by Gasteiger charge is -2.16. The predicted molar refractivity (Wildman–Crippen MR) is 145 cm³/mol. The first-order valence-electron chi connectivity index (χ1n) is 12.7. The zero-order chi connectivity index (χ0) is 26.1. The van der Waals surface area contributed by atoms with Gasteiger partial charge in [0, 0.05) is 17.7 Å². The van der Waals surface area contributed by atoms with Crippen LogP contribution in [0.3, 0.4) is 0 Å². The van der Waals surface area contributed by atoms with Crippen LogP contribution in [0.15, 0.2) is 65.1 Å². The Morgan fingerprint density at radius 1 is 1.11 bits per heavy atom. The zero-order valence-corrected chi connectivity index (χ0v) is 21.5. The van der Waals surface area contributed by atoms with E-state index >= 15 is 0 Å². The van der Waals surface area contributed by atoms with Crippen molar-refractivity contribution >= 4 is 11.7 Å². The summed E-state index contributed by atoms with van der Waals surface area (Å²) >= 11 is 0. The monoisotopic (exact) mass is 496 g/mol. The highest BCUT2D eigenvalue weighted by Gasteiger charge is 2.31. The Morgan fingerprint density at radius 3 is 2.62 bits per heavy atom. The van der Waals surface area contributed by atoms with E-state index in [9.17, 15) is 9.90 Å². The number of carbonyl (C=O) groups is 1. The number of hydrogen-bond donors (Lipinski definition) is 2. The van der Waals surface area contributed by atoms with Crippen LogP contribution in [0.1, 0.15) is 47.4 Å². The molecule has 0 spiro atoms. The first-order valence-corrected chi connectivity index (χ1v) is 12.7. The van der Waals surface area contributed by atoms with Gasteiger partial charge >= 0.3 is 5.97 Å². The summed E-state index contributed by atoms with van der Waals surface area (Å²) in [4.78, 5) is 16.2. The second-order valence-corrected chi connectivity index (χ2v) is 9.90. The number of carboxylic acids is 1. The number of aromatic nitrogens is 1. The van der Waals surface area contributed by atoms with E-state index in [1.807, 2.05) is 49.4 Å². The summed E-state index contributed by atoms with van der Waals surface area (Å²) in [7, 11) is 0. The topological polar surface area (TPSA) is 98.6 Å². The number of aryl methyl sites for hydroxylation is 3. The molecule has 37 heavy (non-hydrogen) atoms. The maximum absolute atomic E-state index is 11.4. The Morgan fingerprint density at radius 2 is 1.86 bits per heavy atom. The number of carboxylic acid groups (broad SMARTS) is 1. The van der Waals surface area contributed by atoms with E-state index in [-0.39, 0.29) is 11.8 Å². The molecular weight excluding hydrogens is 464 g/mol. The molecule has 2 atom stereocenters. The summed E-state index contributed by atoms with van der Waals surface area (Å²) in [5.74, 6) is 1.13. The second-order valence-electron chi connectivity index (χ2n) is 9.90. The van der Waals surface area contributed by atoms with Crippen LogP contribution in [0, 0.1) is 19.8 Å². The molecule has 1 aliphatic rings. The highest BCUT2D eigenvalue weighted by Crippen LogP contribution is 2.40. The number of aliphatic carboxylic acids is 1. The Labute approximate surface area is 217 Å². The number of nitrogens with zero attached hydrogens (tertiary/aromatic N) is 1. The van der Waals surface area contributed by atoms with Gasteiger partial charge in [0.05, 0.1) is 18.2 Å². The van der Waals surface area contributed by atoms with Crippen molar-refractivity contribution in [2.24, 2.45) is 5.92 Å². The average Bonchev–Trinajstić information content (AvgIpc) is 3.47. The minimum atomic E-state index is -0.743. The van der Waals surface area contributed by atoms with Crippen LogP contribution in [0.25, 0.3) is 22.6 Å². The molecule has 6 heteroatoms. The van der Waals surface area contributed by atoms with Gasteiger partial charge in [0.1, 0.15) is 11.5 Å². The largest absolute Gasteiger partial charge is 0.493 e. The quantitative estimate of drug-likeness (QED) is 0.267. The molecule has 0 aliphatic heterocycles. The molecule has 0 amide bonds. The van der Waals surface area contributed by atoms with Crippen molar-refractivity contribution in [3.63, 3.8) is 0 Å². The third kappa shape index (κ3) is 5.10. The van der Waals surface area contributed by atoms with Crippen LogP contribution in [0.2, 0.25) is 0 Å². The number of nitrogens with two attached hydrogens (primary N) is 1. The molecular formula is C31H32N2O4. The van der Waals surface area contributed by atoms with Gasteiger partial charge in [0.25, 0.3) is 0 Å². The zero-order valence-electron chi connectivity index (χ0n) is 21.5. The van der Waals surface area contributed by atoms with Gasteiger partial charge in [-0.3, -0.25) is 4.79 Å². The van der Waals surface area contributed by atoms with Gasteiger partial charge in [-0.05, 0) is 96.8 Å². The third-order valence-corrected chi connectivity index (χ3v) is 7.44. The van der Waals surface area contributed by atoms with Crippen LogP contribution in [0.4, 0.5) is 5.69 Å². The van der Waals surface area contributed by atoms with Crippen LogP contribution >= 0.6 is 0 Å². The lowest BCUT2D eigenvalue weighted by Crippen LogP contribution is -2.17. The van der Waals surface area contributed by atoms with Gasteiger partial charge in [-0.1, -0.05) is 31.2 Å². The number of hydrogen-bond acceptors (Lipinski definition) is 5. The van der Waals surface area contributed by atoms with E-state index < -0.39 is 5.97 Å². The minimum Gasteiger partial charge on any atom is -0.493 e. The van der Waals surface area contributed by atoms with Gasteiger partial charge in [-0.2, -0.15) is 0 Å². The fourth-order valence-corrected chi connectivity index (χ4v) is 5.19. The SMILES string of the molecule is Cc1ccc(-c2nc(CCOc3ccc4c(c3)CC[C@H]4[C@H](C)C(=O)O)c(C)o2)cc1-c1ccc(N)cc1. The summed E-state index contributed by atoms with van der Waals surface area (Å²) in [6.07, 6.45) is 2.38. The van der Waals surface area contributed by atoms with Gasteiger partial charge < -0.3 is 20.0 Å². The second kappa shape index (κ2) is 10.1. The Kier molecular flexibility index (Phi) is 6.74. The van der Waals surface area contributed by atoms with Crippen molar-refractivity contribution in [3.05, 3.63) is 88.8 Å². The Balaban J connectivity index is 1.26. The number of benzene rings is 3. The number of ether oxygens (including phenoxy) is 1. The van der Waals surface area contributed by atoms with E-state index in [0.29, 0.717) is 18.9 Å². The van der Waals surface area contributed by atoms with Crippen molar-refractivity contribution < 1.29 is 19.1 Å². The molecule has 190 valence electrons. The highest BCUT2D eigenvalue weighted by atomic mass is 16.5. The first-order chi connectivity index (χ1) is 17.8. The van der Waals surface area contributed by atoms with Crippen molar-refractivity contribution in [3.8, 4) is 28.3 Å². The molecule has 6 nitrogen and oxygen atoms in total. The fraction of sp³-hybridized carbons (Fsp3) is 0.290. The molecule has 0 unspecified atom stereocenters. The van der Waals surface area contributed by atoms with Crippen molar-refractivity contribution in [1.82, 2.24) is 4.98 Å². The molecule has 0 saturated heterocycles. The predicted octanol–water partition coefficient (Wildman–Crippen LogP) is 6.58. The van der Waals surface area contributed by atoms with Crippen LogP contribution in [-0.2, 0) is 17.6 Å². The van der Waals surface area contributed by atoms with Crippen molar-refractivity contribution in [2.75, 3.05) is 12.3 Å². The molecule has 1 aliphatic carbocycles.